The zero-order valence-electron chi connectivity index (χ0n) is 6.87. The molecule has 62 valence electrons. The summed E-state index contributed by atoms with van der Waals surface area (Å²) in [5, 5.41) is 0. The topological polar surface area (TPSA) is 0 Å². The Hall–Kier alpha value is 0.440. The van der Waals surface area contributed by atoms with Crippen LogP contribution in [0.5, 0.6) is 0 Å². The van der Waals surface area contributed by atoms with E-state index in [0.717, 1.165) is 0 Å². The Bertz CT molecular complexity index is 125. The standard InChI is InChI=1S/C9H16PTe/c1-4-7-10(11,8-5-2)9-6-3/h4-6,11H,1-3,7-9H2/q+1. The van der Waals surface area contributed by atoms with Crippen molar-refractivity contribution in [3.05, 3.63) is 38.0 Å². The van der Waals surface area contributed by atoms with Crippen molar-refractivity contribution in [2.45, 2.75) is 0 Å². The Morgan fingerprint density at radius 3 is 1.36 bits per heavy atom. The van der Waals surface area contributed by atoms with Crippen molar-refractivity contribution in [1.29, 1.82) is 0 Å². The molecule has 11 heavy (non-hydrogen) atoms. The van der Waals surface area contributed by atoms with Crippen LogP contribution in [-0.2, 0) is 0 Å². The van der Waals surface area contributed by atoms with E-state index < -0.39 is 4.95 Å². The molecule has 0 nitrogen and oxygen atoms in total. The van der Waals surface area contributed by atoms with Gasteiger partial charge in [0.05, 0.1) is 0 Å². The first-order chi connectivity index (χ1) is 5.18. The molecule has 0 rings (SSSR count). The summed E-state index contributed by atoms with van der Waals surface area (Å²) in [6.07, 6.45) is 9.58. The van der Waals surface area contributed by atoms with Gasteiger partial charge in [-0.15, -0.1) is 0 Å². The van der Waals surface area contributed by atoms with Gasteiger partial charge in [0.25, 0.3) is 0 Å². The molecule has 0 aliphatic rings. The van der Waals surface area contributed by atoms with E-state index in [9.17, 15) is 0 Å². The van der Waals surface area contributed by atoms with Gasteiger partial charge in [-0.05, 0) is 0 Å². The van der Waals surface area contributed by atoms with Gasteiger partial charge >= 0.3 is 83.2 Å². The molecule has 0 aromatic rings. The zero-order valence-corrected chi connectivity index (χ0v) is 10.3. The summed E-state index contributed by atoms with van der Waals surface area (Å²) < 4.78 is 0. The first kappa shape index (κ1) is 11.4. The number of hydrogen-bond donors (Lipinski definition) is 0. The van der Waals surface area contributed by atoms with Crippen molar-refractivity contribution >= 4 is 26.7 Å². The Morgan fingerprint density at radius 1 is 0.909 bits per heavy atom. The normalized spacial score (nSPS) is 10.6. The second-order valence-electron chi connectivity index (χ2n) is 2.51. The number of rotatable bonds is 6. The van der Waals surface area contributed by atoms with Crippen LogP contribution < -0.4 is 0 Å². The predicted molar refractivity (Wildman–Crippen MR) is 59.3 cm³/mol. The van der Waals surface area contributed by atoms with E-state index in [2.05, 4.69) is 19.7 Å². The molecule has 0 aromatic carbocycles. The minimum atomic E-state index is -0.773. The third kappa shape index (κ3) is 4.81. The van der Waals surface area contributed by atoms with Gasteiger partial charge in [-0.3, -0.25) is 0 Å². The summed E-state index contributed by atoms with van der Waals surface area (Å²) in [7, 11) is 0. The monoisotopic (exact) mass is 285 g/mol. The molecular weight excluding hydrogens is 267 g/mol. The zero-order chi connectivity index (χ0) is 8.74. The van der Waals surface area contributed by atoms with Crippen LogP contribution in [0.4, 0.5) is 0 Å². The Morgan fingerprint density at radius 2 is 1.18 bits per heavy atom. The van der Waals surface area contributed by atoms with E-state index in [1.54, 1.807) is 0 Å². The van der Waals surface area contributed by atoms with Gasteiger partial charge in [0.2, 0.25) is 0 Å². The Balaban J connectivity index is 4.09. The summed E-state index contributed by atoms with van der Waals surface area (Å²) in [4.78, 5) is -0.773. The average Bonchev–Trinajstić information content (AvgIpc) is 1.88. The number of hydrogen-bond acceptors (Lipinski definition) is 0. The first-order valence-electron chi connectivity index (χ1n) is 3.60. The van der Waals surface area contributed by atoms with Crippen LogP contribution in [0.2, 0.25) is 0 Å². The second-order valence-corrected chi connectivity index (χ2v) is 13.1. The molecule has 0 atom stereocenters. The summed E-state index contributed by atoms with van der Waals surface area (Å²) in [5.41, 5.74) is 0. The summed E-state index contributed by atoms with van der Waals surface area (Å²) >= 11 is 1.97. The van der Waals surface area contributed by atoms with Crippen LogP contribution in [0.3, 0.4) is 0 Å². The molecule has 0 heterocycles. The van der Waals surface area contributed by atoms with Gasteiger partial charge in [-0.25, -0.2) is 0 Å². The molecule has 0 amide bonds. The molecule has 2 heteroatoms. The molecule has 0 aromatic heterocycles. The molecule has 0 saturated heterocycles. The van der Waals surface area contributed by atoms with Crippen LogP contribution in [0.25, 0.3) is 0 Å². The van der Waals surface area contributed by atoms with Crippen LogP contribution >= 0.6 is 4.95 Å². The van der Waals surface area contributed by atoms with E-state index >= 15 is 0 Å². The van der Waals surface area contributed by atoms with Gasteiger partial charge in [-0.2, -0.15) is 0 Å². The van der Waals surface area contributed by atoms with Crippen LogP contribution in [-0.4, -0.2) is 40.2 Å². The number of allylic oxidation sites excluding steroid dienone is 3. The van der Waals surface area contributed by atoms with Gasteiger partial charge in [0, 0.05) is 0 Å². The molecule has 0 bridgehead atoms. The fraction of sp³-hybridized carbons (Fsp3) is 0.333. The molecule has 0 N–H and O–H groups in total. The van der Waals surface area contributed by atoms with Gasteiger partial charge in [0.1, 0.15) is 0 Å². The summed E-state index contributed by atoms with van der Waals surface area (Å²) in [5.74, 6) is 0. The molecule has 0 aliphatic carbocycles. The second kappa shape index (κ2) is 6.01. The van der Waals surface area contributed by atoms with Crippen molar-refractivity contribution in [1.82, 2.24) is 0 Å². The molecule has 0 spiro atoms. The minimum absolute atomic E-state index is 0.773. The average molecular weight is 283 g/mol. The molecule has 0 saturated carbocycles. The molecule has 0 radical (unpaired) electrons. The Kier molecular flexibility index (Phi) is 6.25. The summed E-state index contributed by atoms with van der Waals surface area (Å²) in [6.45, 7) is 11.3. The summed E-state index contributed by atoms with van der Waals surface area (Å²) in [6, 6.07) is 0. The third-order valence-corrected chi connectivity index (χ3v) is 8.42. The Labute approximate surface area is 83.1 Å². The van der Waals surface area contributed by atoms with E-state index in [0.29, 0.717) is 0 Å². The van der Waals surface area contributed by atoms with Gasteiger partial charge in [0.15, 0.2) is 0 Å². The van der Waals surface area contributed by atoms with Crippen LogP contribution in [0.15, 0.2) is 38.0 Å². The maximum atomic E-state index is 3.78. The van der Waals surface area contributed by atoms with E-state index in [-0.39, 0.29) is 0 Å². The van der Waals surface area contributed by atoms with E-state index in [4.69, 9.17) is 0 Å². The van der Waals surface area contributed by atoms with Crippen molar-refractivity contribution in [3.63, 3.8) is 0 Å². The predicted octanol–water partition coefficient (Wildman–Crippen LogP) is 2.38. The van der Waals surface area contributed by atoms with Crippen LogP contribution in [0, 0.1) is 0 Å². The van der Waals surface area contributed by atoms with Crippen LogP contribution in [0.1, 0.15) is 0 Å². The van der Waals surface area contributed by atoms with Crippen molar-refractivity contribution in [3.8, 4) is 0 Å². The first-order valence-corrected chi connectivity index (χ1v) is 9.32. The molecular formula is C9H16PTe+. The third-order valence-electron chi connectivity index (χ3n) is 1.41. The van der Waals surface area contributed by atoms with Crippen molar-refractivity contribution in [2.75, 3.05) is 18.5 Å². The SMILES string of the molecule is C=CC[P+]([TeH])(CC=C)CC=C. The van der Waals surface area contributed by atoms with Gasteiger partial charge < -0.3 is 0 Å². The molecule has 0 unspecified atom stereocenters. The molecule has 0 aliphatic heterocycles. The fourth-order valence-corrected chi connectivity index (χ4v) is 5.80. The van der Waals surface area contributed by atoms with Crippen molar-refractivity contribution in [2.24, 2.45) is 0 Å². The molecule has 0 fully saturated rings. The quantitative estimate of drug-likeness (QED) is 0.399. The van der Waals surface area contributed by atoms with Gasteiger partial charge in [-0.1, -0.05) is 0 Å². The van der Waals surface area contributed by atoms with E-state index in [1.807, 2.05) is 40.0 Å². The fourth-order valence-electron chi connectivity index (χ4n) is 0.945. The maximum absolute atomic E-state index is 3.78. The van der Waals surface area contributed by atoms with E-state index in [1.165, 1.54) is 18.5 Å². The van der Waals surface area contributed by atoms with Crippen molar-refractivity contribution < 1.29 is 0 Å².